The second-order valence-corrected chi connectivity index (χ2v) is 7.32. The molecule has 0 radical (unpaired) electrons. The quantitative estimate of drug-likeness (QED) is 0.235. The van der Waals surface area contributed by atoms with E-state index in [2.05, 4.69) is 4.85 Å². The molecule has 30 heavy (non-hydrogen) atoms. The molecule has 0 atom stereocenters. The zero-order chi connectivity index (χ0) is 25.2. The van der Waals surface area contributed by atoms with Crippen LogP contribution in [0.15, 0.2) is 77.2 Å². The van der Waals surface area contributed by atoms with Crippen LogP contribution in [0.5, 0.6) is 0 Å². The molecular formula is C27H21N2O+. The van der Waals surface area contributed by atoms with Crippen LogP contribution >= 0.6 is 0 Å². The van der Waals surface area contributed by atoms with Crippen molar-refractivity contribution in [2.75, 3.05) is 0 Å². The van der Waals surface area contributed by atoms with Crippen LogP contribution in [-0.2, 0) is 7.05 Å². The maximum Gasteiger partial charge on any atom is 0.232 e. The van der Waals surface area contributed by atoms with Gasteiger partial charge in [-0.15, -0.1) is 0 Å². The van der Waals surface area contributed by atoms with Crippen LogP contribution in [0.2, 0.25) is 0 Å². The smallest absolute Gasteiger partial charge is 0.232 e. The third-order valence-electron chi connectivity index (χ3n) is 5.56. The van der Waals surface area contributed by atoms with Gasteiger partial charge >= 0.3 is 0 Å². The van der Waals surface area contributed by atoms with Crippen molar-refractivity contribution in [2.24, 2.45) is 7.05 Å². The predicted octanol–water partition coefficient (Wildman–Crippen LogP) is 6.91. The number of pyridine rings is 1. The number of benzene rings is 3. The van der Waals surface area contributed by atoms with Crippen molar-refractivity contribution in [1.82, 2.24) is 0 Å². The maximum absolute atomic E-state index is 8.45. The molecule has 0 aliphatic carbocycles. The zero-order valence-electron chi connectivity index (χ0n) is 21.8. The van der Waals surface area contributed by atoms with Gasteiger partial charge in [-0.1, -0.05) is 42.3 Å². The Kier molecular flexibility index (Phi) is 3.05. The molecule has 0 amide bonds. The van der Waals surface area contributed by atoms with Crippen molar-refractivity contribution >= 4 is 27.6 Å². The molecule has 144 valence electrons. The van der Waals surface area contributed by atoms with E-state index in [4.69, 9.17) is 17.8 Å². The average Bonchev–Trinajstić information content (AvgIpc) is 3.20. The largest absolute Gasteiger partial charge is 0.466 e. The summed E-state index contributed by atoms with van der Waals surface area (Å²) in [6.07, 6.45) is 1.96. The summed E-state index contributed by atoms with van der Waals surface area (Å²) in [6.45, 7) is 11.6. The molecule has 0 aliphatic heterocycles. The van der Waals surface area contributed by atoms with Gasteiger partial charge in [-0.2, -0.15) is 0 Å². The molecule has 3 aromatic carbocycles. The fraction of sp³-hybridized carbons (Fsp3) is 0.111. The summed E-state index contributed by atoms with van der Waals surface area (Å²) in [7, 11) is 1.96. The lowest BCUT2D eigenvalue weighted by molar-refractivity contribution is -0.660. The van der Waals surface area contributed by atoms with Crippen molar-refractivity contribution in [3.8, 4) is 22.4 Å². The Hall–Kier alpha value is -3.90. The minimum Gasteiger partial charge on any atom is -0.466 e. The number of fused-ring (bicyclic) bond motifs is 3. The van der Waals surface area contributed by atoms with Crippen LogP contribution in [0.4, 0.5) is 5.69 Å². The number of rotatable bonds is 2. The van der Waals surface area contributed by atoms with Gasteiger partial charge in [-0.3, -0.25) is 0 Å². The molecule has 0 bridgehead atoms. The molecular weight excluding hydrogens is 368 g/mol. The minimum atomic E-state index is -0.447. The molecule has 0 spiro atoms. The molecule has 0 aliphatic rings. The molecule has 0 N–H and O–H groups in total. The highest BCUT2D eigenvalue weighted by molar-refractivity contribution is 6.14. The molecule has 0 saturated carbocycles. The topological polar surface area (TPSA) is 21.4 Å². The van der Waals surface area contributed by atoms with Gasteiger partial charge in [0.15, 0.2) is 6.20 Å². The first-order valence-corrected chi connectivity index (χ1v) is 9.56. The van der Waals surface area contributed by atoms with Crippen LogP contribution < -0.4 is 4.57 Å². The summed E-state index contributed by atoms with van der Waals surface area (Å²) in [4.78, 5) is 3.74. The summed E-state index contributed by atoms with van der Waals surface area (Å²) in [5, 5.41) is 1.46. The molecule has 3 nitrogen and oxygen atoms in total. The number of hydrogen-bond acceptors (Lipinski definition) is 1. The van der Waals surface area contributed by atoms with E-state index in [9.17, 15) is 0 Å². The Bertz CT molecular complexity index is 1720. The highest BCUT2D eigenvalue weighted by Gasteiger charge is 2.23. The molecule has 0 fully saturated rings. The third kappa shape index (κ3) is 2.62. The van der Waals surface area contributed by atoms with Crippen molar-refractivity contribution in [3.63, 3.8) is 0 Å². The van der Waals surface area contributed by atoms with E-state index in [1.165, 1.54) is 0 Å². The number of nitrogens with zero attached hydrogens (tertiary/aromatic N) is 2. The first kappa shape index (κ1) is 13.3. The highest BCUT2D eigenvalue weighted by atomic mass is 16.3. The first-order chi connectivity index (χ1) is 16.7. The SMILES string of the molecule is [2H]c1c([2H])c([2H])c(-c2cc3c(oc4c(-c5cccc[n+]5C)c(C)ccc43)c([N+]#[C-])c2C)c([2H])c1[2H]. The Morgan fingerprint density at radius 1 is 1.00 bits per heavy atom. The average molecular weight is 395 g/mol. The van der Waals surface area contributed by atoms with Gasteiger partial charge in [0.2, 0.25) is 11.4 Å². The summed E-state index contributed by atoms with van der Waals surface area (Å²) in [5.74, 6) is 0. The Balaban J connectivity index is 1.94. The summed E-state index contributed by atoms with van der Waals surface area (Å²) < 4.78 is 49.4. The number of hydrogen-bond donors (Lipinski definition) is 0. The van der Waals surface area contributed by atoms with Crippen molar-refractivity contribution in [2.45, 2.75) is 13.8 Å². The fourth-order valence-electron chi connectivity index (χ4n) is 4.03. The lowest BCUT2D eigenvalue weighted by atomic mass is 9.95. The molecule has 0 saturated heterocycles. The van der Waals surface area contributed by atoms with Crippen LogP contribution in [-0.4, -0.2) is 0 Å². The van der Waals surface area contributed by atoms with Gasteiger partial charge in [0.25, 0.3) is 0 Å². The van der Waals surface area contributed by atoms with Gasteiger partial charge in [0, 0.05) is 22.9 Å². The van der Waals surface area contributed by atoms with Crippen molar-refractivity contribution < 1.29 is 15.8 Å². The Morgan fingerprint density at radius 3 is 2.53 bits per heavy atom. The van der Waals surface area contributed by atoms with Gasteiger partial charge in [0.05, 0.1) is 19.0 Å². The van der Waals surface area contributed by atoms with Gasteiger partial charge in [0.1, 0.15) is 18.2 Å². The van der Waals surface area contributed by atoms with Gasteiger partial charge < -0.3 is 4.42 Å². The molecule has 2 heterocycles. The first-order valence-electron chi connectivity index (χ1n) is 12.1. The second-order valence-electron chi connectivity index (χ2n) is 7.32. The number of furan rings is 1. The summed E-state index contributed by atoms with van der Waals surface area (Å²) in [5.41, 5.74) is 5.24. The molecule has 5 aromatic rings. The summed E-state index contributed by atoms with van der Waals surface area (Å²) >= 11 is 0. The van der Waals surface area contributed by atoms with Crippen LogP contribution in [0.3, 0.4) is 0 Å². The van der Waals surface area contributed by atoms with Gasteiger partial charge in [-0.25, -0.2) is 9.41 Å². The molecule has 3 heteroatoms. The predicted molar refractivity (Wildman–Crippen MR) is 122 cm³/mol. The Morgan fingerprint density at radius 2 is 1.80 bits per heavy atom. The zero-order valence-corrected chi connectivity index (χ0v) is 16.8. The third-order valence-corrected chi connectivity index (χ3v) is 5.56. The summed E-state index contributed by atoms with van der Waals surface area (Å²) in [6, 6.07) is 9.79. The number of aryl methyl sites for hydroxylation is 2. The fourth-order valence-corrected chi connectivity index (χ4v) is 4.03. The Labute approximate surface area is 182 Å². The number of aromatic nitrogens is 1. The molecule has 0 unspecified atom stereocenters. The van der Waals surface area contributed by atoms with Crippen LogP contribution in [0.1, 0.15) is 18.0 Å². The highest BCUT2D eigenvalue weighted by Crippen LogP contribution is 2.44. The minimum absolute atomic E-state index is 0.0800. The van der Waals surface area contributed by atoms with Crippen molar-refractivity contribution in [3.05, 3.63) is 95.4 Å². The molecule has 2 aromatic heterocycles. The standard InChI is InChI=1S/C27H21N2O/c1-17-13-14-20-22-16-21(19-10-6-5-7-11-19)18(2)25(28-3)27(22)30-26(20)24(17)23-12-8-9-15-29(23)4/h5-16H,1-2,4H3/q+1/i5D,6D,7D,10D,11D. The van der Waals surface area contributed by atoms with E-state index < -0.39 is 18.1 Å². The van der Waals surface area contributed by atoms with Crippen LogP contribution in [0.25, 0.3) is 49.2 Å². The van der Waals surface area contributed by atoms with Crippen LogP contribution in [0, 0.1) is 20.4 Å². The van der Waals surface area contributed by atoms with Gasteiger partial charge in [-0.05, 0) is 48.2 Å². The van der Waals surface area contributed by atoms with Crippen molar-refractivity contribution in [1.29, 1.82) is 0 Å². The van der Waals surface area contributed by atoms with E-state index in [0.29, 0.717) is 27.7 Å². The molecule has 5 rings (SSSR count). The van der Waals surface area contributed by atoms with E-state index >= 15 is 0 Å². The van der Waals surface area contributed by atoms with E-state index in [1.807, 2.05) is 55.1 Å². The van der Waals surface area contributed by atoms with E-state index in [1.54, 1.807) is 13.0 Å². The van der Waals surface area contributed by atoms with E-state index in [-0.39, 0.29) is 23.3 Å². The maximum atomic E-state index is 8.45. The lowest BCUT2D eigenvalue weighted by Crippen LogP contribution is -2.30. The normalized spacial score (nSPS) is 13.5. The second kappa shape index (κ2) is 6.86. The monoisotopic (exact) mass is 394 g/mol. The van der Waals surface area contributed by atoms with E-state index in [0.717, 1.165) is 22.2 Å². The lowest BCUT2D eigenvalue weighted by Gasteiger charge is -2.08.